The number of carbonyl (C=O) groups excluding carboxylic acids is 1. The smallest absolute Gasteiger partial charge is 0.311 e. The van der Waals surface area contributed by atoms with Gasteiger partial charge in [-0.1, -0.05) is 7.43 Å². The second kappa shape index (κ2) is 6.11. The minimum absolute atomic E-state index is 0. The summed E-state index contributed by atoms with van der Waals surface area (Å²) in [5.41, 5.74) is -0.370. The van der Waals surface area contributed by atoms with E-state index in [9.17, 15) is 4.79 Å². The van der Waals surface area contributed by atoms with Gasteiger partial charge in [-0.2, -0.15) is 0 Å². The lowest BCUT2D eigenvalue weighted by Gasteiger charge is -2.19. The summed E-state index contributed by atoms with van der Waals surface area (Å²) in [7, 11) is 0. The molecule has 1 heterocycles. The highest BCUT2D eigenvalue weighted by Crippen LogP contribution is 2.15. The van der Waals surface area contributed by atoms with Crippen molar-refractivity contribution >= 4 is 5.97 Å². The average Bonchev–Trinajstić information content (AvgIpc) is 2.55. The van der Waals surface area contributed by atoms with Gasteiger partial charge >= 0.3 is 5.97 Å². The topological polar surface area (TPSA) is 29.5 Å². The van der Waals surface area contributed by atoms with Crippen molar-refractivity contribution < 1.29 is 9.53 Å². The number of esters is 1. The largest absolute Gasteiger partial charge is 0.464 e. The molecule has 0 aliphatic carbocycles. The minimum atomic E-state index is -0.370. The molecule has 0 bridgehead atoms. The van der Waals surface area contributed by atoms with Crippen LogP contribution < -0.4 is 0 Å². The Morgan fingerprint density at radius 1 is 1.27 bits per heavy atom. The third-order valence-electron chi connectivity index (χ3n) is 2.45. The van der Waals surface area contributed by atoms with Crippen LogP contribution in [-0.4, -0.2) is 37.1 Å². The van der Waals surface area contributed by atoms with E-state index in [1.54, 1.807) is 0 Å². The second-order valence-corrected chi connectivity index (χ2v) is 4.93. The Morgan fingerprint density at radius 2 is 1.80 bits per heavy atom. The number of likely N-dealkylation sites (tertiary alicyclic amines) is 1. The van der Waals surface area contributed by atoms with E-state index < -0.39 is 0 Å². The van der Waals surface area contributed by atoms with E-state index in [1.165, 1.54) is 12.8 Å². The predicted octanol–water partition coefficient (Wildman–Crippen LogP) is 2.31. The molecule has 15 heavy (non-hydrogen) atoms. The Kier molecular flexibility index (Phi) is 5.88. The molecule has 0 spiro atoms. The standard InChI is InChI=1S/C11H21NO2.CH4/c1-11(2,3)10(13)14-9-8-12-6-4-5-7-12;/h4-9H2,1-3H3;1H4. The molecule has 0 aromatic rings. The number of hydrogen-bond donors (Lipinski definition) is 0. The Morgan fingerprint density at radius 3 is 2.27 bits per heavy atom. The van der Waals surface area contributed by atoms with E-state index in [1.807, 2.05) is 20.8 Å². The van der Waals surface area contributed by atoms with Crippen LogP contribution in [0.25, 0.3) is 0 Å². The maximum Gasteiger partial charge on any atom is 0.311 e. The SMILES string of the molecule is C.CC(C)(C)C(=O)OCCN1CCCC1. The predicted molar refractivity (Wildman–Crippen MR) is 62.8 cm³/mol. The molecule has 0 atom stereocenters. The molecule has 1 aliphatic heterocycles. The molecular formula is C12H25NO2. The van der Waals surface area contributed by atoms with Crippen molar-refractivity contribution in [1.29, 1.82) is 0 Å². The Bertz CT molecular complexity index is 190. The third-order valence-corrected chi connectivity index (χ3v) is 2.45. The van der Waals surface area contributed by atoms with Crippen LogP contribution in [0, 0.1) is 5.41 Å². The third kappa shape index (κ3) is 5.17. The monoisotopic (exact) mass is 215 g/mol. The van der Waals surface area contributed by atoms with Crippen LogP contribution in [0.2, 0.25) is 0 Å². The van der Waals surface area contributed by atoms with Crippen molar-refractivity contribution in [2.75, 3.05) is 26.2 Å². The average molecular weight is 215 g/mol. The summed E-state index contributed by atoms with van der Waals surface area (Å²) in [5.74, 6) is -0.100. The highest BCUT2D eigenvalue weighted by Gasteiger charge is 2.23. The number of rotatable bonds is 3. The summed E-state index contributed by atoms with van der Waals surface area (Å²) in [6.45, 7) is 9.39. The van der Waals surface area contributed by atoms with Gasteiger partial charge in [-0.15, -0.1) is 0 Å². The molecule has 90 valence electrons. The molecule has 0 radical (unpaired) electrons. The van der Waals surface area contributed by atoms with Gasteiger partial charge in [0.15, 0.2) is 0 Å². The first-order chi connectivity index (χ1) is 6.50. The maximum absolute atomic E-state index is 11.4. The van der Waals surface area contributed by atoms with Crippen LogP contribution in [-0.2, 0) is 9.53 Å². The first-order valence-electron chi connectivity index (χ1n) is 5.40. The fourth-order valence-electron chi connectivity index (χ4n) is 1.49. The molecule has 1 rings (SSSR count). The van der Waals surface area contributed by atoms with Gasteiger partial charge in [0.1, 0.15) is 6.61 Å². The molecule has 0 unspecified atom stereocenters. The van der Waals surface area contributed by atoms with Crippen LogP contribution in [0.4, 0.5) is 0 Å². The molecular weight excluding hydrogens is 190 g/mol. The lowest BCUT2D eigenvalue weighted by molar-refractivity contribution is -0.153. The second-order valence-electron chi connectivity index (χ2n) is 4.93. The number of nitrogens with zero attached hydrogens (tertiary/aromatic N) is 1. The zero-order chi connectivity index (χ0) is 10.6. The summed E-state index contributed by atoms with van der Waals surface area (Å²) in [6, 6.07) is 0. The van der Waals surface area contributed by atoms with Crippen molar-refractivity contribution in [2.24, 2.45) is 5.41 Å². The van der Waals surface area contributed by atoms with Gasteiger partial charge in [0, 0.05) is 6.54 Å². The highest BCUT2D eigenvalue weighted by atomic mass is 16.5. The summed E-state index contributed by atoms with van der Waals surface area (Å²) in [4.78, 5) is 13.7. The van der Waals surface area contributed by atoms with E-state index in [0.717, 1.165) is 19.6 Å². The minimum Gasteiger partial charge on any atom is -0.464 e. The Balaban J connectivity index is 0.00000196. The van der Waals surface area contributed by atoms with Crippen molar-refractivity contribution in [3.63, 3.8) is 0 Å². The van der Waals surface area contributed by atoms with Crippen molar-refractivity contribution in [3.8, 4) is 0 Å². The molecule has 1 aliphatic rings. The lowest BCUT2D eigenvalue weighted by Crippen LogP contribution is -2.29. The van der Waals surface area contributed by atoms with Crippen LogP contribution in [0.5, 0.6) is 0 Å². The van der Waals surface area contributed by atoms with Crippen LogP contribution in [0.15, 0.2) is 0 Å². The lowest BCUT2D eigenvalue weighted by atomic mass is 9.97. The summed E-state index contributed by atoms with van der Waals surface area (Å²) < 4.78 is 5.19. The van der Waals surface area contributed by atoms with E-state index in [0.29, 0.717) is 6.61 Å². The first-order valence-corrected chi connectivity index (χ1v) is 5.40. The van der Waals surface area contributed by atoms with E-state index >= 15 is 0 Å². The summed E-state index contributed by atoms with van der Waals surface area (Å²) in [6.07, 6.45) is 2.57. The van der Waals surface area contributed by atoms with Gasteiger partial charge in [0.2, 0.25) is 0 Å². The molecule has 0 aromatic carbocycles. The molecule has 3 nitrogen and oxygen atoms in total. The molecule has 0 amide bonds. The molecule has 0 saturated carbocycles. The summed E-state index contributed by atoms with van der Waals surface area (Å²) in [5, 5.41) is 0. The summed E-state index contributed by atoms with van der Waals surface area (Å²) >= 11 is 0. The molecule has 3 heteroatoms. The number of carbonyl (C=O) groups is 1. The van der Waals surface area contributed by atoms with Gasteiger partial charge in [-0.3, -0.25) is 9.69 Å². The van der Waals surface area contributed by atoms with Crippen LogP contribution >= 0.6 is 0 Å². The van der Waals surface area contributed by atoms with Crippen molar-refractivity contribution in [2.45, 2.75) is 41.0 Å². The first kappa shape index (κ1) is 14.4. The van der Waals surface area contributed by atoms with E-state index in [4.69, 9.17) is 4.74 Å². The fourth-order valence-corrected chi connectivity index (χ4v) is 1.49. The van der Waals surface area contributed by atoms with Gasteiger partial charge < -0.3 is 4.74 Å². The zero-order valence-electron chi connectivity index (χ0n) is 9.51. The van der Waals surface area contributed by atoms with Crippen molar-refractivity contribution in [1.82, 2.24) is 4.90 Å². The fraction of sp³-hybridized carbons (Fsp3) is 0.917. The van der Waals surface area contributed by atoms with Crippen LogP contribution in [0.3, 0.4) is 0 Å². The van der Waals surface area contributed by atoms with Gasteiger partial charge in [-0.05, 0) is 46.7 Å². The molecule has 0 N–H and O–H groups in total. The van der Waals surface area contributed by atoms with Gasteiger partial charge in [0.25, 0.3) is 0 Å². The van der Waals surface area contributed by atoms with E-state index in [2.05, 4.69) is 4.90 Å². The van der Waals surface area contributed by atoms with E-state index in [-0.39, 0.29) is 18.8 Å². The van der Waals surface area contributed by atoms with Crippen molar-refractivity contribution in [3.05, 3.63) is 0 Å². The number of ether oxygens (including phenoxy) is 1. The molecule has 0 aromatic heterocycles. The normalized spacial score (nSPS) is 17.3. The van der Waals surface area contributed by atoms with Gasteiger partial charge in [0.05, 0.1) is 5.41 Å². The molecule has 1 fully saturated rings. The highest BCUT2D eigenvalue weighted by molar-refractivity contribution is 5.75. The quantitative estimate of drug-likeness (QED) is 0.677. The van der Waals surface area contributed by atoms with Gasteiger partial charge in [-0.25, -0.2) is 0 Å². The maximum atomic E-state index is 11.4. The Hall–Kier alpha value is -0.570. The Labute approximate surface area is 93.8 Å². The zero-order valence-corrected chi connectivity index (χ0v) is 9.51. The molecule has 1 saturated heterocycles. The van der Waals surface area contributed by atoms with Crippen LogP contribution in [0.1, 0.15) is 41.0 Å². The number of hydrogen-bond acceptors (Lipinski definition) is 3.